The lowest BCUT2D eigenvalue weighted by atomic mass is 10.1. The highest BCUT2D eigenvalue weighted by molar-refractivity contribution is 5.28. The summed E-state index contributed by atoms with van der Waals surface area (Å²) in [6.07, 6.45) is 2.73. The molecular formula is C12H15FO2. The van der Waals surface area contributed by atoms with Crippen LogP contribution in [0.3, 0.4) is 0 Å². The van der Waals surface area contributed by atoms with Crippen LogP contribution in [0, 0.1) is 0 Å². The molecule has 1 aromatic rings. The second-order valence-corrected chi connectivity index (χ2v) is 3.20. The molecule has 0 atom stereocenters. The van der Waals surface area contributed by atoms with Crippen molar-refractivity contribution in [3.05, 3.63) is 41.7 Å². The predicted molar refractivity (Wildman–Crippen MR) is 57.6 cm³/mol. The van der Waals surface area contributed by atoms with Gasteiger partial charge in [-0.3, -0.25) is 0 Å². The number of ether oxygens (including phenoxy) is 1. The van der Waals surface area contributed by atoms with E-state index >= 15 is 0 Å². The van der Waals surface area contributed by atoms with Crippen LogP contribution in [0.1, 0.15) is 12.0 Å². The van der Waals surface area contributed by atoms with Crippen molar-refractivity contribution in [3.8, 4) is 5.75 Å². The summed E-state index contributed by atoms with van der Waals surface area (Å²) in [5.74, 6) is 0.331. The van der Waals surface area contributed by atoms with Crippen molar-refractivity contribution >= 4 is 0 Å². The fraction of sp³-hybridized carbons (Fsp3) is 0.333. The summed E-state index contributed by atoms with van der Waals surface area (Å²) < 4.78 is 17.6. The van der Waals surface area contributed by atoms with E-state index in [-0.39, 0.29) is 0 Å². The summed E-state index contributed by atoms with van der Waals surface area (Å²) in [7, 11) is 1.62. The number of aliphatic hydroxyl groups is 1. The zero-order valence-electron chi connectivity index (χ0n) is 8.74. The minimum atomic E-state index is -0.516. The number of rotatable bonds is 5. The zero-order valence-corrected chi connectivity index (χ0v) is 8.74. The molecule has 0 saturated carbocycles. The SMILES string of the molecule is COc1cccc(CC/C=C(\F)CO)c1. The summed E-state index contributed by atoms with van der Waals surface area (Å²) in [5.41, 5.74) is 1.09. The Morgan fingerprint density at radius 3 is 3.00 bits per heavy atom. The van der Waals surface area contributed by atoms with E-state index in [0.717, 1.165) is 17.7 Å². The summed E-state index contributed by atoms with van der Waals surface area (Å²) in [4.78, 5) is 0. The number of aliphatic hydroxyl groups excluding tert-OH is 1. The summed E-state index contributed by atoms with van der Waals surface area (Å²) >= 11 is 0. The lowest BCUT2D eigenvalue weighted by Gasteiger charge is -2.02. The van der Waals surface area contributed by atoms with Crippen LogP contribution in [0.25, 0.3) is 0 Å². The number of benzene rings is 1. The van der Waals surface area contributed by atoms with E-state index in [1.807, 2.05) is 24.3 Å². The van der Waals surface area contributed by atoms with Crippen LogP contribution < -0.4 is 4.74 Å². The lowest BCUT2D eigenvalue weighted by molar-refractivity contribution is 0.297. The molecule has 1 aromatic carbocycles. The highest BCUT2D eigenvalue weighted by Crippen LogP contribution is 2.14. The molecule has 15 heavy (non-hydrogen) atoms. The van der Waals surface area contributed by atoms with E-state index in [4.69, 9.17) is 9.84 Å². The van der Waals surface area contributed by atoms with Gasteiger partial charge in [0.25, 0.3) is 0 Å². The van der Waals surface area contributed by atoms with Gasteiger partial charge in [-0.1, -0.05) is 18.2 Å². The van der Waals surface area contributed by atoms with Crippen LogP contribution in [0.15, 0.2) is 36.2 Å². The van der Waals surface area contributed by atoms with Crippen LogP contribution in [-0.2, 0) is 6.42 Å². The first-order valence-electron chi connectivity index (χ1n) is 4.84. The molecule has 0 fully saturated rings. The van der Waals surface area contributed by atoms with Crippen molar-refractivity contribution in [3.63, 3.8) is 0 Å². The van der Waals surface area contributed by atoms with Gasteiger partial charge in [-0.25, -0.2) is 4.39 Å². The molecule has 0 bridgehead atoms. The Morgan fingerprint density at radius 1 is 1.53 bits per heavy atom. The van der Waals surface area contributed by atoms with Crippen LogP contribution >= 0.6 is 0 Å². The van der Waals surface area contributed by atoms with E-state index < -0.39 is 12.4 Å². The Bertz CT molecular complexity index is 334. The van der Waals surface area contributed by atoms with Gasteiger partial charge in [0.2, 0.25) is 0 Å². The molecule has 0 aromatic heterocycles. The maximum Gasteiger partial charge on any atom is 0.121 e. The minimum Gasteiger partial charge on any atom is -0.497 e. The van der Waals surface area contributed by atoms with Crippen molar-refractivity contribution in [2.24, 2.45) is 0 Å². The fourth-order valence-electron chi connectivity index (χ4n) is 1.29. The molecule has 1 rings (SSSR count). The average molecular weight is 210 g/mol. The monoisotopic (exact) mass is 210 g/mol. The second kappa shape index (κ2) is 6.19. The predicted octanol–water partition coefficient (Wildman–Crippen LogP) is 2.47. The molecule has 2 nitrogen and oxygen atoms in total. The molecule has 0 saturated heterocycles. The third-order valence-corrected chi connectivity index (χ3v) is 2.08. The number of methoxy groups -OCH3 is 1. The molecule has 3 heteroatoms. The average Bonchev–Trinajstić information content (AvgIpc) is 2.29. The molecule has 0 aliphatic carbocycles. The molecule has 0 aliphatic heterocycles. The van der Waals surface area contributed by atoms with E-state index in [9.17, 15) is 4.39 Å². The summed E-state index contributed by atoms with van der Waals surface area (Å²) in [6, 6.07) is 7.66. The molecule has 0 heterocycles. The van der Waals surface area contributed by atoms with Crippen LogP contribution in [0.4, 0.5) is 4.39 Å². The standard InChI is InChI=1S/C12H15FO2/c1-15-12-7-3-5-10(8-12)4-2-6-11(13)9-14/h3,5-8,14H,2,4,9H2,1H3/b11-6-. The van der Waals surface area contributed by atoms with Gasteiger partial charge in [0, 0.05) is 0 Å². The Morgan fingerprint density at radius 2 is 2.33 bits per heavy atom. The maximum atomic E-state index is 12.6. The smallest absolute Gasteiger partial charge is 0.121 e. The van der Waals surface area contributed by atoms with Gasteiger partial charge >= 0.3 is 0 Å². The fourth-order valence-corrected chi connectivity index (χ4v) is 1.29. The molecule has 0 unspecified atom stereocenters. The minimum absolute atomic E-state index is 0.474. The van der Waals surface area contributed by atoms with E-state index in [0.29, 0.717) is 6.42 Å². The van der Waals surface area contributed by atoms with Crippen molar-refractivity contribution in [1.82, 2.24) is 0 Å². The van der Waals surface area contributed by atoms with Gasteiger partial charge in [0.05, 0.1) is 13.7 Å². The largest absolute Gasteiger partial charge is 0.497 e. The number of hydrogen-bond acceptors (Lipinski definition) is 2. The Labute approximate surface area is 89.0 Å². The first-order valence-corrected chi connectivity index (χ1v) is 4.84. The third kappa shape index (κ3) is 4.13. The van der Waals surface area contributed by atoms with Crippen molar-refractivity contribution in [1.29, 1.82) is 0 Å². The van der Waals surface area contributed by atoms with Gasteiger partial charge in [0.1, 0.15) is 11.6 Å². The first kappa shape index (κ1) is 11.7. The first-order chi connectivity index (χ1) is 7.26. The van der Waals surface area contributed by atoms with E-state index in [1.165, 1.54) is 6.08 Å². The van der Waals surface area contributed by atoms with Crippen LogP contribution in [0.5, 0.6) is 5.75 Å². The van der Waals surface area contributed by atoms with Crippen LogP contribution in [-0.4, -0.2) is 18.8 Å². The lowest BCUT2D eigenvalue weighted by Crippen LogP contribution is -1.88. The molecule has 0 amide bonds. The second-order valence-electron chi connectivity index (χ2n) is 3.20. The molecule has 0 radical (unpaired) electrons. The number of hydrogen-bond donors (Lipinski definition) is 1. The molecular weight excluding hydrogens is 195 g/mol. The quantitative estimate of drug-likeness (QED) is 0.809. The molecule has 0 aliphatic rings. The maximum absolute atomic E-state index is 12.6. The van der Waals surface area contributed by atoms with E-state index in [2.05, 4.69) is 0 Å². The topological polar surface area (TPSA) is 29.5 Å². The molecule has 0 spiro atoms. The zero-order chi connectivity index (χ0) is 11.1. The Kier molecular flexibility index (Phi) is 4.84. The van der Waals surface area contributed by atoms with E-state index in [1.54, 1.807) is 7.11 Å². The number of aryl methyl sites for hydroxylation is 1. The normalized spacial score (nSPS) is 11.5. The van der Waals surface area contributed by atoms with Crippen molar-refractivity contribution < 1.29 is 14.2 Å². The Hall–Kier alpha value is -1.35. The number of allylic oxidation sites excluding steroid dienone is 1. The van der Waals surface area contributed by atoms with Crippen molar-refractivity contribution in [2.45, 2.75) is 12.8 Å². The van der Waals surface area contributed by atoms with Gasteiger partial charge < -0.3 is 9.84 Å². The summed E-state index contributed by atoms with van der Waals surface area (Å²) in [5, 5.41) is 8.45. The third-order valence-electron chi connectivity index (χ3n) is 2.08. The highest BCUT2D eigenvalue weighted by Gasteiger charge is 1.96. The Balaban J connectivity index is 2.50. The van der Waals surface area contributed by atoms with Gasteiger partial charge in [-0.05, 0) is 30.5 Å². The van der Waals surface area contributed by atoms with Gasteiger partial charge in [-0.15, -0.1) is 0 Å². The molecule has 1 N–H and O–H groups in total. The number of halogens is 1. The van der Waals surface area contributed by atoms with Crippen molar-refractivity contribution in [2.75, 3.05) is 13.7 Å². The van der Waals surface area contributed by atoms with Gasteiger partial charge in [0.15, 0.2) is 0 Å². The molecule has 82 valence electrons. The van der Waals surface area contributed by atoms with Gasteiger partial charge in [-0.2, -0.15) is 0 Å². The summed E-state index contributed by atoms with van der Waals surface area (Å²) in [6.45, 7) is -0.516. The van der Waals surface area contributed by atoms with Crippen LogP contribution in [0.2, 0.25) is 0 Å². The highest BCUT2D eigenvalue weighted by atomic mass is 19.1.